The summed E-state index contributed by atoms with van der Waals surface area (Å²) in [6.07, 6.45) is 0. The van der Waals surface area contributed by atoms with Crippen molar-refractivity contribution < 1.29 is 8.76 Å². The fraction of sp³-hybridized carbons (Fsp3) is 0.143. The Balaban J connectivity index is 3.00. The topological polar surface area (TPSA) is 66.2 Å². The monoisotopic (exact) mass is 204 g/mol. The number of rotatable bonds is 2. The average molecular weight is 205 g/mol. The van der Waals surface area contributed by atoms with Crippen LogP contribution in [0.25, 0.3) is 0 Å². The van der Waals surface area contributed by atoms with Crippen molar-refractivity contribution in [2.24, 2.45) is 0 Å². The molecule has 66 valence electrons. The van der Waals surface area contributed by atoms with Crippen LogP contribution in [0.1, 0.15) is 5.56 Å². The molecule has 0 amide bonds. The molecule has 1 aromatic rings. The molecule has 1 atom stereocenters. The summed E-state index contributed by atoms with van der Waals surface area (Å²) in [5.41, 5.74) is 6.40. The molecule has 0 radical (unpaired) electrons. The average Bonchev–Trinajstić information content (AvgIpc) is 1.98. The van der Waals surface area contributed by atoms with E-state index in [2.05, 4.69) is 0 Å². The molecule has 5 heteroatoms. The van der Waals surface area contributed by atoms with E-state index in [4.69, 9.17) is 17.3 Å². The molecule has 0 fully saturated rings. The molecular formula is C7H7ClNO2S-. The summed E-state index contributed by atoms with van der Waals surface area (Å²) in [5.74, 6) is -0.0909. The summed E-state index contributed by atoms with van der Waals surface area (Å²) in [6.45, 7) is 0. The molecule has 0 aliphatic carbocycles. The first-order valence-corrected chi connectivity index (χ1v) is 4.82. The summed E-state index contributed by atoms with van der Waals surface area (Å²) in [5, 5.41) is 0.387. The number of benzene rings is 1. The molecular weight excluding hydrogens is 198 g/mol. The Labute approximate surface area is 77.8 Å². The standard InChI is InChI=1S/C7H8ClNO2S/c8-6-3-1-2-5(7(6)9)4-12(10)11/h1-3H,4,9H2,(H,10,11)/p-1. The normalized spacial score (nSPS) is 12.8. The van der Waals surface area contributed by atoms with Crippen LogP contribution in [0.5, 0.6) is 0 Å². The molecule has 0 aliphatic heterocycles. The minimum absolute atomic E-state index is 0.0909. The molecule has 1 aromatic carbocycles. The Kier molecular flexibility index (Phi) is 3.08. The summed E-state index contributed by atoms with van der Waals surface area (Å²) in [4.78, 5) is 0. The van der Waals surface area contributed by atoms with Gasteiger partial charge >= 0.3 is 0 Å². The molecule has 1 unspecified atom stereocenters. The molecule has 0 aliphatic rings. The Bertz CT molecular complexity index is 316. The van der Waals surface area contributed by atoms with E-state index in [1.165, 1.54) is 0 Å². The number of hydrogen-bond donors (Lipinski definition) is 1. The van der Waals surface area contributed by atoms with Gasteiger partial charge in [0, 0.05) is 5.75 Å². The molecule has 2 N–H and O–H groups in total. The van der Waals surface area contributed by atoms with E-state index in [9.17, 15) is 8.76 Å². The number of para-hydroxylation sites is 1. The van der Waals surface area contributed by atoms with Crippen LogP contribution >= 0.6 is 11.6 Å². The lowest BCUT2D eigenvalue weighted by atomic mass is 10.2. The highest BCUT2D eigenvalue weighted by atomic mass is 35.5. The number of anilines is 1. The maximum absolute atomic E-state index is 10.3. The van der Waals surface area contributed by atoms with Gasteiger partial charge in [-0.2, -0.15) is 0 Å². The molecule has 0 bridgehead atoms. The first kappa shape index (κ1) is 9.51. The van der Waals surface area contributed by atoms with Crippen LogP contribution in [-0.2, 0) is 16.8 Å². The highest BCUT2D eigenvalue weighted by Crippen LogP contribution is 2.22. The zero-order valence-electron chi connectivity index (χ0n) is 6.12. The second-order valence-corrected chi connectivity index (χ2v) is 3.56. The van der Waals surface area contributed by atoms with E-state index in [0.717, 1.165) is 0 Å². The lowest BCUT2D eigenvalue weighted by Gasteiger charge is -2.08. The quantitative estimate of drug-likeness (QED) is 0.583. The van der Waals surface area contributed by atoms with Gasteiger partial charge < -0.3 is 10.3 Å². The molecule has 3 nitrogen and oxygen atoms in total. The van der Waals surface area contributed by atoms with E-state index in [-0.39, 0.29) is 5.75 Å². The summed E-state index contributed by atoms with van der Waals surface area (Å²) >= 11 is 3.55. The van der Waals surface area contributed by atoms with Crippen molar-refractivity contribution >= 4 is 28.4 Å². The Morgan fingerprint density at radius 2 is 2.25 bits per heavy atom. The second-order valence-electron chi connectivity index (χ2n) is 2.26. The molecule has 0 spiro atoms. The molecule has 1 rings (SSSR count). The zero-order chi connectivity index (χ0) is 9.14. The number of nitrogen functional groups attached to an aromatic ring is 1. The van der Waals surface area contributed by atoms with Crippen LogP contribution in [0.2, 0.25) is 5.02 Å². The number of hydrogen-bond acceptors (Lipinski definition) is 3. The Morgan fingerprint density at radius 1 is 1.58 bits per heavy atom. The summed E-state index contributed by atoms with van der Waals surface area (Å²) in [7, 11) is 0. The number of nitrogens with two attached hydrogens (primary N) is 1. The highest BCUT2D eigenvalue weighted by molar-refractivity contribution is 7.78. The van der Waals surface area contributed by atoms with Crippen LogP contribution in [-0.4, -0.2) is 8.76 Å². The first-order chi connectivity index (χ1) is 5.61. The lowest BCUT2D eigenvalue weighted by molar-refractivity contribution is 0.536. The van der Waals surface area contributed by atoms with Gasteiger partial charge in [-0.05, 0) is 11.6 Å². The molecule has 0 saturated carbocycles. The number of halogens is 1. The molecule has 12 heavy (non-hydrogen) atoms. The highest BCUT2D eigenvalue weighted by Gasteiger charge is 2.01. The molecule has 0 aromatic heterocycles. The first-order valence-electron chi connectivity index (χ1n) is 3.20. The van der Waals surface area contributed by atoms with Crippen molar-refractivity contribution in [1.29, 1.82) is 0 Å². The molecule has 0 saturated heterocycles. The van der Waals surface area contributed by atoms with Crippen molar-refractivity contribution in [3.8, 4) is 0 Å². The molecule has 0 heterocycles. The van der Waals surface area contributed by atoms with Crippen molar-refractivity contribution in [1.82, 2.24) is 0 Å². The Morgan fingerprint density at radius 3 is 2.83 bits per heavy atom. The largest absolute Gasteiger partial charge is 0.772 e. The predicted molar refractivity (Wildman–Crippen MR) is 48.5 cm³/mol. The maximum Gasteiger partial charge on any atom is 0.0638 e. The third-order valence-electron chi connectivity index (χ3n) is 1.42. The predicted octanol–water partition coefficient (Wildman–Crippen LogP) is 1.30. The van der Waals surface area contributed by atoms with Gasteiger partial charge in [0.2, 0.25) is 0 Å². The lowest BCUT2D eigenvalue weighted by Crippen LogP contribution is -1.99. The van der Waals surface area contributed by atoms with E-state index in [1.807, 2.05) is 0 Å². The third kappa shape index (κ3) is 2.20. The minimum atomic E-state index is -2.12. The second kappa shape index (κ2) is 3.89. The van der Waals surface area contributed by atoms with Gasteiger partial charge in [0.25, 0.3) is 0 Å². The third-order valence-corrected chi connectivity index (χ3v) is 2.29. The van der Waals surface area contributed by atoms with Gasteiger partial charge in [0.1, 0.15) is 0 Å². The van der Waals surface area contributed by atoms with Gasteiger partial charge in [-0.15, -0.1) is 0 Å². The van der Waals surface area contributed by atoms with E-state index in [1.54, 1.807) is 18.2 Å². The van der Waals surface area contributed by atoms with Crippen LogP contribution in [0.3, 0.4) is 0 Å². The Hall–Kier alpha value is -0.580. The fourth-order valence-electron chi connectivity index (χ4n) is 0.835. The van der Waals surface area contributed by atoms with Crippen molar-refractivity contribution in [2.75, 3.05) is 5.73 Å². The van der Waals surface area contributed by atoms with Gasteiger partial charge in [-0.25, -0.2) is 0 Å². The summed E-state index contributed by atoms with van der Waals surface area (Å²) in [6, 6.07) is 4.92. The minimum Gasteiger partial charge on any atom is -0.772 e. The SMILES string of the molecule is Nc1c(Cl)cccc1CS(=O)[O-]. The maximum atomic E-state index is 10.3. The van der Waals surface area contributed by atoms with E-state index in [0.29, 0.717) is 16.3 Å². The van der Waals surface area contributed by atoms with Gasteiger partial charge in [0.05, 0.1) is 10.7 Å². The van der Waals surface area contributed by atoms with Gasteiger partial charge in [-0.1, -0.05) is 34.8 Å². The van der Waals surface area contributed by atoms with Crippen LogP contribution in [0.15, 0.2) is 18.2 Å². The van der Waals surface area contributed by atoms with Gasteiger partial charge in [0.15, 0.2) is 0 Å². The zero-order valence-corrected chi connectivity index (χ0v) is 7.69. The summed E-state index contributed by atoms with van der Waals surface area (Å²) < 4.78 is 20.7. The van der Waals surface area contributed by atoms with Crippen molar-refractivity contribution in [3.05, 3.63) is 28.8 Å². The van der Waals surface area contributed by atoms with Crippen molar-refractivity contribution in [3.63, 3.8) is 0 Å². The van der Waals surface area contributed by atoms with Crippen LogP contribution < -0.4 is 5.73 Å². The fourth-order valence-corrected chi connectivity index (χ4v) is 1.53. The van der Waals surface area contributed by atoms with Crippen LogP contribution in [0.4, 0.5) is 5.69 Å². The smallest absolute Gasteiger partial charge is 0.0638 e. The van der Waals surface area contributed by atoms with Gasteiger partial charge in [-0.3, -0.25) is 4.21 Å². The van der Waals surface area contributed by atoms with E-state index >= 15 is 0 Å². The van der Waals surface area contributed by atoms with Crippen LogP contribution in [0, 0.1) is 0 Å². The van der Waals surface area contributed by atoms with E-state index < -0.39 is 11.1 Å². The van der Waals surface area contributed by atoms with Crippen molar-refractivity contribution in [2.45, 2.75) is 5.75 Å².